The van der Waals surface area contributed by atoms with Crippen LogP contribution in [0.3, 0.4) is 0 Å². The number of nitrogens with zero attached hydrogens (tertiary/aromatic N) is 2. The van der Waals surface area contributed by atoms with E-state index >= 15 is 0 Å². The number of nitrogens with one attached hydrogen (secondary N) is 1. The Morgan fingerprint density at radius 1 is 1.60 bits per heavy atom. The van der Waals surface area contributed by atoms with Crippen molar-refractivity contribution in [2.24, 2.45) is 0 Å². The van der Waals surface area contributed by atoms with Gasteiger partial charge in [-0.1, -0.05) is 5.16 Å². The predicted octanol–water partition coefficient (Wildman–Crippen LogP) is 0.0970. The summed E-state index contributed by atoms with van der Waals surface area (Å²) >= 11 is 0. The molecule has 1 aromatic rings. The van der Waals surface area contributed by atoms with Gasteiger partial charge in [-0.05, 0) is 6.92 Å². The largest absolute Gasteiger partial charge is 0.479 e. The van der Waals surface area contributed by atoms with Gasteiger partial charge in [-0.15, -0.1) is 0 Å². The van der Waals surface area contributed by atoms with Crippen LogP contribution in [0.15, 0.2) is 10.6 Å². The first kappa shape index (κ1) is 14.5. The van der Waals surface area contributed by atoms with Crippen molar-refractivity contribution in [1.29, 1.82) is 0 Å². The Morgan fingerprint density at radius 2 is 2.40 bits per heavy atom. The molecule has 2 heterocycles. The van der Waals surface area contributed by atoms with Crippen LogP contribution in [0.1, 0.15) is 12.2 Å². The fraction of sp³-hybridized carbons (Fsp3) is 0.583. The van der Waals surface area contributed by atoms with Crippen molar-refractivity contribution < 1.29 is 24.0 Å². The van der Waals surface area contributed by atoms with Gasteiger partial charge in [-0.25, -0.2) is 4.79 Å². The van der Waals surface area contributed by atoms with Gasteiger partial charge in [-0.3, -0.25) is 9.69 Å². The monoisotopic (exact) mass is 283 g/mol. The van der Waals surface area contributed by atoms with Crippen LogP contribution in [0.2, 0.25) is 0 Å². The van der Waals surface area contributed by atoms with Crippen LogP contribution in [0.5, 0.6) is 0 Å². The zero-order chi connectivity index (χ0) is 14.5. The topological polar surface area (TPSA) is 105 Å². The standard InChI is InChI=1S/C12H17N3O5/c1-8-6-10(14-20-8)13-11(16)2-3-15-4-5-19-9(7-15)12(17)18/h6,9H,2-5,7H2,1H3,(H,17,18)(H,13,14,16). The van der Waals surface area contributed by atoms with E-state index in [9.17, 15) is 9.59 Å². The summed E-state index contributed by atoms with van der Waals surface area (Å²) in [6.45, 7) is 3.51. The summed E-state index contributed by atoms with van der Waals surface area (Å²) in [7, 11) is 0. The molecular formula is C12H17N3O5. The predicted molar refractivity (Wildman–Crippen MR) is 68.3 cm³/mol. The normalized spacial score (nSPS) is 19.8. The lowest BCUT2D eigenvalue weighted by atomic mass is 10.2. The van der Waals surface area contributed by atoms with E-state index in [0.717, 1.165) is 0 Å². The first-order valence-corrected chi connectivity index (χ1v) is 6.34. The minimum absolute atomic E-state index is 0.184. The van der Waals surface area contributed by atoms with Crippen LogP contribution >= 0.6 is 0 Å². The maximum Gasteiger partial charge on any atom is 0.334 e. The van der Waals surface area contributed by atoms with E-state index in [0.29, 0.717) is 37.8 Å². The maximum absolute atomic E-state index is 11.7. The number of morpholine rings is 1. The van der Waals surface area contributed by atoms with Crippen molar-refractivity contribution in [2.45, 2.75) is 19.4 Å². The van der Waals surface area contributed by atoms with E-state index in [1.807, 2.05) is 4.90 Å². The Morgan fingerprint density at radius 3 is 3.05 bits per heavy atom. The lowest BCUT2D eigenvalue weighted by Crippen LogP contribution is -2.46. The summed E-state index contributed by atoms with van der Waals surface area (Å²) < 4.78 is 9.95. The number of rotatable bonds is 5. The zero-order valence-electron chi connectivity index (χ0n) is 11.2. The molecule has 1 aromatic heterocycles. The number of carbonyl (C=O) groups is 2. The van der Waals surface area contributed by atoms with Gasteiger partial charge in [0.15, 0.2) is 11.9 Å². The fourth-order valence-electron chi connectivity index (χ4n) is 1.95. The zero-order valence-corrected chi connectivity index (χ0v) is 11.2. The summed E-state index contributed by atoms with van der Waals surface area (Å²) in [6, 6.07) is 1.63. The van der Waals surface area contributed by atoms with E-state index in [4.69, 9.17) is 14.4 Å². The lowest BCUT2D eigenvalue weighted by Gasteiger charge is -2.30. The van der Waals surface area contributed by atoms with E-state index in [1.54, 1.807) is 13.0 Å². The number of anilines is 1. The summed E-state index contributed by atoms with van der Waals surface area (Å²) in [5, 5.41) is 15.2. The highest BCUT2D eigenvalue weighted by Crippen LogP contribution is 2.09. The summed E-state index contributed by atoms with van der Waals surface area (Å²) in [6.07, 6.45) is -0.553. The van der Waals surface area contributed by atoms with Crippen LogP contribution in [-0.4, -0.2) is 59.4 Å². The van der Waals surface area contributed by atoms with E-state index in [2.05, 4.69) is 10.5 Å². The number of carbonyl (C=O) groups excluding carboxylic acids is 1. The Balaban J connectivity index is 1.74. The van der Waals surface area contributed by atoms with Crippen molar-refractivity contribution in [3.8, 4) is 0 Å². The van der Waals surface area contributed by atoms with Crippen molar-refractivity contribution in [3.05, 3.63) is 11.8 Å². The highest BCUT2D eigenvalue weighted by Gasteiger charge is 2.26. The molecule has 0 aliphatic carbocycles. The molecule has 0 bridgehead atoms. The van der Waals surface area contributed by atoms with Crippen LogP contribution < -0.4 is 5.32 Å². The number of aliphatic carboxylic acids is 1. The van der Waals surface area contributed by atoms with Gasteiger partial charge in [0.05, 0.1) is 6.61 Å². The van der Waals surface area contributed by atoms with Gasteiger partial charge in [-0.2, -0.15) is 0 Å². The summed E-state index contributed by atoms with van der Waals surface area (Å²) in [5.74, 6) is -0.149. The molecule has 0 radical (unpaired) electrons. The molecular weight excluding hydrogens is 266 g/mol. The van der Waals surface area contributed by atoms with Crippen LogP contribution in [0.25, 0.3) is 0 Å². The summed E-state index contributed by atoms with van der Waals surface area (Å²) in [4.78, 5) is 24.4. The first-order chi connectivity index (χ1) is 9.54. The Labute approximate surface area is 115 Å². The van der Waals surface area contributed by atoms with E-state index in [1.165, 1.54) is 0 Å². The molecule has 8 nitrogen and oxygen atoms in total. The number of carboxylic acids is 1. The SMILES string of the molecule is Cc1cc(NC(=O)CCN2CCOC(C(=O)O)C2)no1. The maximum atomic E-state index is 11.7. The van der Waals surface area contributed by atoms with Gasteiger partial charge >= 0.3 is 5.97 Å². The molecule has 1 unspecified atom stereocenters. The van der Waals surface area contributed by atoms with Gasteiger partial charge < -0.3 is 19.7 Å². The molecule has 1 saturated heterocycles. The number of aryl methyl sites for hydroxylation is 1. The van der Waals surface area contributed by atoms with Crippen LogP contribution in [0, 0.1) is 6.92 Å². The average Bonchev–Trinajstić information content (AvgIpc) is 2.82. The number of carboxylic acid groups (broad SMARTS) is 1. The molecule has 2 rings (SSSR count). The smallest absolute Gasteiger partial charge is 0.334 e. The average molecular weight is 283 g/mol. The summed E-state index contributed by atoms with van der Waals surface area (Å²) in [5.41, 5.74) is 0. The second kappa shape index (κ2) is 6.49. The molecule has 20 heavy (non-hydrogen) atoms. The van der Waals surface area contributed by atoms with Gasteiger partial charge in [0.1, 0.15) is 5.76 Å². The fourth-order valence-corrected chi connectivity index (χ4v) is 1.95. The van der Waals surface area contributed by atoms with Crippen LogP contribution in [0.4, 0.5) is 5.82 Å². The molecule has 0 aromatic carbocycles. The number of amides is 1. The van der Waals surface area contributed by atoms with Crippen molar-refractivity contribution in [3.63, 3.8) is 0 Å². The molecule has 1 aliphatic rings. The first-order valence-electron chi connectivity index (χ1n) is 6.34. The Bertz CT molecular complexity index is 487. The highest BCUT2D eigenvalue weighted by molar-refractivity contribution is 5.89. The molecule has 1 fully saturated rings. The minimum Gasteiger partial charge on any atom is -0.479 e. The third-order valence-corrected chi connectivity index (χ3v) is 2.98. The molecule has 1 amide bonds. The third-order valence-electron chi connectivity index (χ3n) is 2.98. The number of hydrogen-bond donors (Lipinski definition) is 2. The van der Waals surface area contributed by atoms with E-state index in [-0.39, 0.29) is 12.3 Å². The Kier molecular flexibility index (Phi) is 4.70. The van der Waals surface area contributed by atoms with Crippen molar-refractivity contribution in [1.82, 2.24) is 10.1 Å². The molecule has 8 heteroatoms. The Hall–Kier alpha value is -1.93. The molecule has 110 valence electrons. The molecule has 1 atom stereocenters. The van der Waals surface area contributed by atoms with E-state index < -0.39 is 12.1 Å². The second-order valence-corrected chi connectivity index (χ2v) is 4.62. The number of aromatic nitrogens is 1. The van der Waals surface area contributed by atoms with Crippen molar-refractivity contribution >= 4 is 17.7 Å². The number of ether oxygens (including phenoxy) is 1. The molecule has 0 saturated carbocycles. The number of hydrogen-bond acceptors (Lipinski definition) is 6. The van der Waals surface area contributed by atoms with Gasteiger partial charge in [0.2, 0.25) is 5.91 Å². The molecule has 1 aliphatic heterocycles. The second-order valence-electron chi connectivity index (χ2n) is 4.62. The molecule has 2 N–H and O–H groups in total. The van der Waals surface area contributed by atoms with Gasteiger partial charge in [0, 0.05) is 32.1 Å². The minimum atomic E-state index is -0.975. The third kappa shape index (κ3) is 4.04. The highest BCUT2D eigenvalue weighted by atomic mass is 16.5. The van der Waals surface area contributed by atoms with Crippen LogP contribution in [-0.2, 0) is 14.3 Å². The van der Waals surface area contributed by atoms with Gasteiger partial charge in [0.25, 0.3) is 0 Å². The lowest BCUT2D eigenvalue weighted by molar-refractivity contribution is -0.156. The quantitative estimate of drug-likeness (QED) is 0.789. The molecule has 0 spiro atoms. The van der Waals surface area contributed by atoms with Crippen molar-refractivity contribution in [2.75, 3.05) is 31.6 Å².